The normalized spacial score (nSPS) is 15.7. The maximum atomic E-state index is 4.84. The molecule has 0 atom stereocenters. The molecular formula is C24H32N2. The number of nitrogens with zero attached hydrogens (tertiary/aromatic N) is 1. The van der Waals surface area contributed by atoms with Gasteiger partial charge >= 0.3 is 0 Å². The molecule has 0 saturated heterocycles. The molecule has 0 aromatic heterocycles. The Hall–Kier alpha value is -2.09. The van der Waals surface area contributed by atoms with Crippen LogP contribution in [0.25, 0.3) is 0 Å². The Bertz CT molecular complexity index is 636. The molecule has 26 heavy (non-hydrogen) atoms. The van der Waals surface area contributed by atoms with Crippen LogP contribution in [-0.4, -0.2) is 18.9 Å². The summed E-state index contributed by atoms with van der Waals surface area (Å²) in [6.07, 6.45) is 8.50. The van der Waals surface area contributed by atoms with Gasteiger partial charge in [-0.15, -0.1) is 0 Å². The minimum absolute atomic E-state index is 0.0117. The fraction of sp³-hybridized carbons (Fsp3) is 0.458. The second-order valence-corrected chi connectivity index (χ2v) is 7.41. The van der Waals surface area contributed by atoms with Gasteiger partial charge in [-0.25, -0.2) is 0 Å². The van der Waals surface area contributed by atoms with Gasteiger partial charge in [0.25, 0.3) is 0 Å². The molecule has 2 heteroatoms. The second kappa shape index (κ2) is 9.56. The molecule has 1 aliphatic rings. The number of amidine groups is 1. The highest BCUT2D eigenvalue weighted by Gasteiger charge is 2.33. The lowest BCUT2D eigenvalue weighted by Gasteiger charge is -2.36. The number of hydrogen-bond acceptors (Lipinski definition) is 2. The van der Waals surface area contributed by atoms with Gasteiger partial charge in [0.1, 0.15) is 0 Å². The van der Waals surface area contributed by atoms with Gasteiger partial charge in [-0.1, -0.05) is 86.8 Å². The van der Waals surface area contributed by atoms with Crippen molar-refractivity contribution in [1.82, 2.24) is 5.32 Å². The minimum atomic E-state index is -0.0117. The van der Waals surface area contributed by atoms with Gasteiger partial charge in [0.2, 0.25) is 0 Å². The van der Waals surface area contributed by atoms with Crippen molar-refractivity contribution in [2.45, 2.75) is 57.3 Å². The first kappa shape index (κ1) is 18.7. The fourth-order valence-corrected chi connectivity index (χ4v) is 4.14. The molecule has 2 aromatic rings. The zero-order chi connectivity index (χ0) is 18.1. The molecule has 0 bridgehead atoms. The summed E-state index contributed by atoms with van der Waals surface area (Å²) in [5, 5.41) is 3.76. The Labute approximate surface area is 158 Å². The number of nitrogens with one attached hydrogen (secondary N) is 1. The molecule has 0 fully saturated rings. The number of benzene rings is 2. The summed E-state index contributed by atoms with van der Waals surface area (Å²) >= 11 is 0. The summed E-state index contributed by atoms with van der Waals surface area (Å²) in [5.74, 6) is 1.21. The van der Waals surface area contributed by atoms with Crippen LogP contribution in [0.2, 0.25) is 0 Å². The monoisotopic (exact) mass is 348 g/mol. The van der Waals surface area contributed by atoms with E-state index in [9.17, 15) is 0 Å². The molecule has 0 aliphatic carbocycles. The average molecular weight is 349 g/mol. The summed E-state index contributed by atoms with van der Waals surface area (Å²) in [4.78, 5) is 4.84. The maximum Gasteiger partial charge on any atom is 0.0963 e. The van der Waals surface area contributed by atoms with E-state index in [0.717, 1.165) is 32.4 Å². The van der Waals surface area contributed by atoms with Crippen LogP contribution in [0.15, 0.2) is 65.7 Å². The van der Waals surface area contributed by atoms with Crippen LogP contribution in [0, 0.1) is 0 Å². The smallest absolute Gasteiger partial charge is 0.0963 e. The van der Waals surface area contributed by atoms with E-state index in [0.29, 0.717) is 0 Å². The van der Waals surface area contributed by atoms with E-state index < -0.39 is 0 Å². The first-order chi connectivity index (χ1) is 12.8. The van der Waals surface area contributed by atoms with Gasteiger partial charge in [0, 0.05) is 24.9 Å². The number of hydrogen-bond donors (Lipinski definition) is 1. The first-order valence-corrected chi connectivity index (χ1v) is 10.2. The SMILES string of the molecule is CCCC(CNC1=NCCCCCC1)(c1ccccc1)c1ccccc1. The van der Waals surface area contributed by atoms with Crippen molar-refractivity contribution in [2.75, 3.05) is 13.1 Å². The first-order valence-electron chi connectivity index (χ1n) is 10.2. The molecule has 0 spiro atoms. The summed E-state index contributed by atoms with van der Waals surface area (Å²) in [6.45, 7) is 4.17. The van der Waals surface area contributed by atoms with Gasteiger partial charge in [-0.05, 0) is 30.4 Å². The molecule has 2 aromatic carbocycles. The number of aliphatic imine (C=N–C) groups is 1. The fourth-order valence-electron chi connectivity index (χ4n) is 4.14. The van der Waals surface area contributed by atoms with Crippen molar-refractivity contribution in [1.29, 1.82) is 0 Å². The molecule has 138 valence electrons. The quantitative estimate of drug-likeness (QED) is 0.709. The van der Waals surface area contributed by atoms with E-state index >= 15 is 0 Å². The van der Waals surface area contributed by atoms with Gasteiger partial charge in [-0.2, -0.15) is 0 Å². The molecular weight excluding hydrogens is 316 g/mol. The second-order valence-electron chi connectivity index (χ2n) is 7.41. The van der Waals surface area contributed by atoms with Crippen molar-refractivity contribution in [3.63, 3.8) is 0 Å². The largest absolute Gasteiger partial charge is 0.373 e. The lowest BCUT2D eigenvalue weighted by Crippen LogP contribution is -2.42. The predicted octanol–water partition coefficient (Wildman–Crippen LogP) is 5.73. The summed E-state index contributed by atoms with van der Waals surface area (Å²) < 4.78 is 0. The van der Waals surface area contributed by atoms with E-state index in [1.54, 1.807) is 0 Å². The van der Waals surface area contributed by atoms with E-state index in [-0.39, 0.29) is 5.41 Å². The van der Waals surface area contributed by atoms with E-state index in [4.69, 9.17) is 4.99 Å². The third kappa shape index (κ3) is 4.55. The van der Waals surface area contributed by atoms with Crippen LogP contribution in [0.4, 0.5) is 0 Å². The molecule has 3 rings (SSSR count). The highest BCUT2D eigenvalue weighted by molar-refractivity contribution is 5.82. The van der Waals surface area contributed by atoms with Crippen molar-refractivity contribution in [3.05, 3.63) is 71.8 Å². The van der Waals surface area contributed by atoms with Crippen molar-refractivity contribution in [2.24, 2.45) is 4.99 Å². The Balaban J connectivity index is 1.91. The lowest BCUT2D eigenvalue weighted by atomic mass is 9.71. The third-order valence-corrected chi connectivity index (χ3v) is 5.55. The Morgan fingerprint density at radius 2 is 1.46 bits per heavy atom. The number of rotatable bonds is 6. The van der Waals surface area contributed by atoms with Gasteiger partial charge in [0.05, 0.1) is 5.84 Å². The van der Waals surface area contributed by atoms with E-state index in [2.05, 4.69) is 72.9 Å². The standard InChI is InChI=1S/C24H32N2/c1-2-18-24(21-13-7-5-8-14-21,22-15-9-6-10-16-22)20-26-23-17-11-3-4-12-19-25-23/h5-10,13-16H,2-4,11-12,17-20H2,1H3,(H,25,26). The zero-order valence-corrected chi connectivity index (χ0v) is 16.1. The van der Waals surface area contributed by atoms with Crippen LogP contribution in [0.1, 0.15) is 63.0 Å². The van der Waals surface area contributed by atoms with Crippen LogP contribution >= 0.6 is 0 Å². The molecule has 1 aliphatic heterocycles. The average Bonchev–Trinajstić information content (AvgIpc) is 2.67. The topological polar surface area (TPSA) is 24.4 Å². The van der Waals surface area contributed by atoms with Gasteiger partial charge in [-0.3, -0.25) is 4.99 Å². The van der Waals surface area contributed by atoms with Crippen molar-refractivity contribution >= 4 is 5.84 Å². The van der Waals surface area contributed by atoms with Crippen molar-refractivity contribution < 1.29 is 0 Å². The molecule has 1 heterocycles. The van der Waals surface area contributed by atoms with Crippen LogP contribution < -0.4 is 5.32 Å². The summed E-state index contributed by atoms with van der Waals surface area (Å²) in [5.41, 5.74) is 2.78. The highest BCUT2D eigenvalue weighted by Crippen LogP contribution is 2.36. The van der Waals surface area contributed by atoms with Crippen LogP contribution in [-0.2, 0) is 5.41 Å². The van der Waals surface area contributed by atoms with Crippen LogP contribution in [0.3, 0.4) is 0 Å². The molecule has 0 saturated carbocycles. The molecule has 0 radical (unpaired) electrons. The molecule has 2 nitrogen and oxygen atoms in total. The Morgan fingerprint density at radius 1 is 0.846 bits per heavy atom. The van der Waals surface area contributed by atoms with Crippen molar-refractivity contribution in [3.8, 4) is 0 Å². The maximum absolute atomic E-state index is 4.84. The molecule has 1 N–H and O–H groups in total. The van der Waals surface area contributed by atoms with Gasteiger partial charge in [0.15, 0.2) is 0 Å². The Kier molecular flexibility index (Phi) is 6.88. The van der Waals surface area contributed by atoms with Crippen LogP contribution in [0.5, 0.6) is 0 Å². The van der Waals surface area contributed by atoms with Gasteiger partial charge < -0.3 is 5.32 Å². The highest BCUT2D eigenvalue weighted by atomic mass is 15.0. The summed E-state index contributed by atoms with van der Waals surface area (Å²) in [7, 11) is 0. The Morgan fingerprint density at radius 3 is 2.08 bits per heavy atom. The third-order valence-electron chi connectivity index (χ3n) is 5.55. The predicted molar refractivity (Wildman–Crippen MR) is 112 cm³/mol. The van der Waals surface area contributed by atoms with E-state index in [1.165, 1.54) is 42.6 Å². The molecule has 0 unspecified atom stereocenters. The lowest BCUT2D eigenvalue weighted by molar-refractivity contribution is 0.455. The molecule has 0 amide bonds. The zero-order valence-electron chi connectivity index (χ0n) is 16.1. The summed E-state index contributed by atoms with van der Waals surface area (Å²) in [6, 6.07) is 22.0. The van der Waals surface area contributed by atoms with E-state index in [1.807, 2.05) is 0 Å². The minimum Gasteiger partial charge on any atom is -0.373 e.